The van der Waals surface area contributed by atoms with E-state index in [1.54, 1.807) is 0 Å². The van der Waals surface area contributed by atoms with Crippen molar-refractivity contribution in [3.63, 3.8) is 0 Å². The van der Waals surface area contributed by atoms with Gasteiger partial charge in [0.2, 0.25) is 0 Å². The average molecular weight is 197 g/mol. The maximum absolute atomic E-state index is 9.75. The van der Waals surface area contributed by atoms with Gasteiger partial charge in [0.25, 0.3) is 0 Å². The minimum Gasteiger partial charge on any atom is -0.418 e. The second-order valence-corrected chi connectivity index (χ2v) is 6.22. The fraction of sp³-hybridized carbons (Fsp3) is 1.00. The molecule has 0 heterocycles. The molecule has 0 aliphatic heterocycles. The Morgan fingerprint density at radius 1 is 1.20 bits per heavy atom. The maximum Gasteiger partial charge on any atom is 1.00 e. The third kappa shape index (κ3) is 77.0. The largest absolute Gasteiger partial charge is 1.00 e. The predicted octanol–water partition coefficient (Wildman–Crippen LogP) is 2.55. The Morgan fingerprint density at radius 3 is 1.30 bits per heavy atom. The summed E-state index contributed by atoms with van der Waals surface area (Å²) in [7, 11) is -3.50. The summed E-state index contributed by atoms with van der Waals surface area (Å²) in [5.74, 6) is 0. The lowest BCUT2D eigenvalue weighted by molar-refractivity contribution is 0.368. The van der Waals surface area contributed by atoms with Gasteiger partial charge >= 0.3 is 8.68 Å². The van der Waals surface area contributed by atoms with E-state index in [1.807, 2.05) is 10.8 Å². The van der Waals surface area contributed by atoms with E-state index >= 15 is 0 Å². The van der Waals surface area contributed by atoms with E-state index in [0.29, 0.717) is 9.93 Å². The third-order valence-corrected chi connectivity index (χ3v) is 3.00. The Balaban J connectivity index is -0.000000107. The van der Waals surface area contributed by atoms with Gasteiger partial charge in [-0.25, -0.2) is 0 Å². The highest BCUT2D eigenvalue weighted by molar-refractivity contribution is 8.73. The molecule has 0 rings (SSSR count). The monoisotopic (exact) mass is 197 g/mol. The summed E-state index contributed by atoms with van der Waals surface area (Å²) in [6.45, 7) is 0. The minimum atomic E-state index is -6.00. The quantitative estimate of drug-likeness (QED) is 0.269. The van der Waals surface area contributed by atoms with Crippen LogP contribution in [0.15, 0.2) is 0 Å². The normalized spacial score (nSPS) is 10.8. The molecule has 0 aromatic carbocycles. The zero-order valence-corrected chi connectivity index (χ0v) is 7.54. The summed E-state index contributed by atoms with van der Waals surface area (Å²) in [6, 6.07) is 0. The lowest BCUT2D eigenvalue weighted by Gasteiger charge is -1.94. The van der Waals surface area contributed by atoms with Crippen LogP contribution in [0, 0.1) is 0 Å². The van der Waals surface area contributed by atoms with Crippen LogP contribution in [0.2, 0.25) is 0 Å². The molecule has 0 amide bonds. The lowest BCUT2D eigenvalue weighted by atomic mass is 10.3. The Morgan fingerprint density at radius 2 is 1.30 bits per heavy atom. The number of hydrogen-bond acceptors (Lipinski definition) is 1. The molecular weight excluding hydrogens is 187 g/mol. The lowest BCUT2D eigenvalue weighted by Crippen LogP contribution is -2.02. The molecule has 0 spiro atoms. The smallest absolute Gasteiger partial charge is 0.418 e. The van der Waals surface area contributed by atoms with Crippen molar-refractivity contribution in [1.82, 2.24) is 0 Å². The summed E-state index contributed by atoms with van der Waals surface area (Å²) in [5.41, 5.74) is 0. The standard InChI is InChI=1S/C3H9S2.BF4/c1-4-5(2)3;2-1(3,4)5/h1-3H3;/q+1;-1/p+1. The van der Waals surface area contributed by atoms with Crippen molar-refractivity contribution in [3.8, 4) is 0 Å². The van der Waals surface area contributed by atoms with Gasteiger partial charge in [0.15, 0.2) is 0 Å². The summed E-state index contributed by atoms with van der Waals surface area (Å²) in [6.07, 6.45) is 6.55. The molecule has 0 atom stereocenters. The van der Waals surface area contributed by atoms with Gasteiger partial charge in [-0.2, -0.15) is 0 Å². The van der Waals surface area contributed by atoms with Crippen LogP contribution < -0.4 is 0 Å². The van der Waals surface area contributed by atoms with Crippen LogP contribution in [0.25, 0.3) is 0 Å². The average Bonchev–Trinajstić information content (AvgIpc) is 1.61. The molecular formula is C3H10BF4S2+. The van der Waals surface area contributed by atoms with Crippen molar-refractivity contribution >= 4 is 28.0 Å². The Bertz CT molecular complexity index is 72.2. The SMILES string of the molecule is CS[S+](C)C.F[B-](F)(F)F.[H+]. The highest BCUT2D eigenvalue weighted by Crippen LogP contribution is 2.06. The van der Waals surface area contributed by atoms with E-state index in [4.69, 9.17) is 0 Å². The number of hydrogen-bond donors (Lipinski definition) is 0. The summed E-state index contributed by atoms with van der Waals surface area (Å²) in [4.78, 5) is 0. The van der Waals surface area contributed by atoms with Gasteiger partial charge in [0.1, 0.15) is 12.5 Å². The van der Waals surface area contributed by atoms with Gasteiger partial charge in [0, 0.05) is 6.26 Å². The molecule has 0 saturated carbocycles. The number of rotatable bonds is 1. The molecule has 7 heteroatoms. The molecule has 0 saturated heterocycles. The molecule has 0 radical (unpaired) electrons. The molecule has 0 aromatic rings. The van der Waals surface area contributed by atoms with E-state index in [-0.39, 0.29) is 1.43 Å². The van der Waals surface area contributed by atoms with Gasteiger partial charge in [-0.1, -0.05) is 0 Å². The van der Waals surface area contributed by atoms with Crippen molar-refractivity contribution < 1.29 is 18.7 Å². The minimum absolute atomic E-state index is 0. The van der Waals surface area contributed by atoms with Gasteiger partial charge in [0.05, 0.1) is 20.7 Å². The Kier molecular flexibility index (Phi) is 8.14. The van der Waals surface area contributed by atoms with Crippen molar-refractivity contribution in [2.45, 2.75) is 0 Å². The highest BCUT2D eigenvalue weighted by atomic mass is 33.1. The van der Waals surface area contributed by atoms with Gasteiger partial charge < -0.3 is 17.3 Å². The van der Waals surface area contributed by atoms with Crippen molar-refractivity contribution in [2.75, 3.05) is 18.8 Å². The van der Waals surface area contributed by atoms with Crippen LogP contribution in [-0.4, -0.2) is 26.0 Å². The molecule has 10 heavy (non-hydrogen) atoms. The first-order chi connectivity index (χ1) is 4.27. The van der Waals surface area contributed by atoms with E-state index in [9.17, 15) is 17.3 Å². The van der Waals surface area contributed by atoms with Crippen LogP contribution in [0.3, 0.4) is 0 Å². The predicted molar refractivity (Wildman–Crippen MR) is 44.0 cm³/mol. The summed E-state index contributed by atoms with van der Waals surface area (Å²) in [5, 5.41) is 0. The molecule has 64 valence electrons. The fourth-order valence-corrected chi connectivity index (χ4v) is 0. The number of halogens is 4. The molecule has 0 bridgehead atoms. The first kappa shape index (κ1) is 13.1. The third-order valence-electron chi connectivity index (χ3n) is 0.333. The molecule has 0 aliphatic rings. The second kappa shape index (κ2) is 6.21. The first-order valence-corrected chi connectivity index (χ1v) is 6.05. The Labute approximate surface area is 66.1 Å². The van der Waals surface area contributed by atoms with Crippen LogP contribution in [-0.2, 0) is 9.93 Å². The zero-order valence-electron chi connectivity index (χ0n) is 6.91. The molecule has 0 fully saturated rings. The van der Waals surface area contributed by atoms with Crippen LogP contribution >= 0.6 is 10.8 Å². The van der Waals surface area contributed by atoms with Gasteiger partial charge in [-0.15, -0.1) is 0 Å². The zero-order chi connectivity index (χ0) is 8.78. The van der Waals surface area contributed by atoms with Gasteiger partial charge in [-0.05, 0) is 0 Å². The van der Waals surface area contributed by atoms with Gasteiger partial charge in [-0.3, -0.25) is 0 Å². The second-order valence-electron chi connectivity index (χ2n) is 1.40. The van der Waals surface area contributed by atoms with Crippen molar-refractivity contribution in [3.05, 3.63) is 0 Å². The molecule has 0 aromatic heterocycles. The maximum atomic E-state index is 9.75. The molecule has 0 unspecified atom stereocenters. The van der Waals surface area contributed by atoms with Crippen molar-refractivity contribution in [1.29, 1.82) is 0 Å². The molecule has 0 aliphatic carbocycles. The van der Waals surface area contributed by atoms with Crippen LogP contribution in [0.5, 0.6) is 0 Å². The molecule has 0 nitrogen and oxygen atoms in total. The van der Waals surface area contributed by atoms with E-state index in [0.717, 1.165) is 0 Å². The van der Waals surface area contributed by atoms with E-state index in [1.165, 1.54) is 0 Å². The van der Waals surface area contributed by atoms with E-state index < -0.39 is 7.25 Å². The summed E-state index contributed by atoms with van der Waals surface area (Å²) >= 11 is 0. The fourth-order valence-electron chi connectivity index (χ4n) is 0. The summed E-state index contributed by atoms with van der Waals surface area (Å²) < 4.78 is 39.0. The van der Waals surface area contributed by atoms with E-state index in [2.05, 4.69) is 18.8 Å². The van der Waals surface area contributed by atoms with Crippen LogP contribution in [0.4, 0.5) is 17.3 Å². The first-order valence-electron chi connectivity index (χ1n) is 2.26. The van der Waals surface area contributed by atoms with Crippen molar-refractivity contribution in [2.24, 2.45) is 0 Å². The highest BCUT2D eigenvalue weighted by Gasteiger charge is 2.20. The topological polar surface area (TPSA) is 0 Å². The van der Waals surface area contributed by atoms with Crippen LogP contribution in [0.1, 0.15) is 1.43 Å². The molecule has 0 N–H and O–H groups in total. The Hall–Kier alpha value is 0.485.